The minimum absolute atomic E-state index is 0.125. The summed E-state index contributed by atoms with van der Waals surface area (Å²) in [6.07, 6.45) is 3.41. The molecule has 0 saturated heterocycles. The molecule has 1 aromatic carbocycles. The van der Waals surface area contributed by atoms with E-state index in [2.05, 4.69) is 34.8 Å². The van der Waals surface area contributed by atoms with Gasteiger partial charge in [-0.3, -0.25) is 4.57 Å². The van der Waals surface area contributed by atoms with Crippen molar-refractivity contribution in [2.45, 2.75) is 32.1 Å². The molecule has 0 aliphatic heterocycles. The largest absolute Gasteiger partial charge is 0.494 e. The number of ether oxygens (including phenoxy) is 3. The summed E-state index contributed by atoms with van der Waals surface area (Å²) in [5.41, 5.74) is 1.24. The Kier molecular flexibility index (Phi) is 8.84. The number of aromatic nitrogens is 4. The number of anilines is 1. The molecule has 0 saturated carbocycles. The maximum Gasteiger partial charge on any atom is 0.246 e. The van der Waals surface area contributed by atoms with Gasteiger partial charge in [0.05, 0.1) is 33.3 Å². The Morgan fingerprint density at radius 3 is 2.23 bits per heavy atom. The van der Waals surface area contributed by atoms with Crippen LogP contribution in [-0.4, -0.2) is 69.9 Å². The first-order valence-corrected chi connectivity index (χ1v) is 18.1. The predicted molar refractivity (Wildman–Crippen MR) is 156 cm³/mol. The second kappa shape index (κ2) is 12.1. The van der Waals surface area contributed by atoms with Crippen molar-refractivity contribution in [3.63, 3.8) is 0 Å². The standard InChI is InChI=1S/C27H35N5O6SSi/c1-35-21-9-7-10-22(36-2)25(21)32-26(23-11-8-16-38-23)29-30-27(32)31(15-18-40(4,5)6)39(33,34)17-14-20-12-13-24(37-3)28-19-20/h7-13,16,19H,14-15,17-18H2,1-6H3. The van der Waals surface area contributed by atoms with E-state index in [0.29, 0.717) is 40.7 Å². The van der Waals surface area contributed by atoms with Crippen LogP contribution in [0, 0.1) is 0 Å². The molecule has 0 bridgehead atoms. The third kappa shape index (κ3) is 6.47. The average Bonchev–Trinajstić information content (AvgIpc) is 3.61. The van der Waals surface area contributed by atoms with E-state index >= 15 is 0 Å². The maximum absolute atomic E-state index is 14.1. The summed E-state index contributed by atoms with van der Waals surface area (Å²) in [5.74, 6) is 2.08. The lowest BCUT2D eigenvalue weighted by Crippen LogP contribution is -2.39. The van der Waals surface area contributed by atoms with Crippen molar-refractivity contribution in [3.05, 3.63) is 60.5 Å². The summed E-state index contributed by atoms with van der Waals surface area (Å²) < 4.78 is 53.2. The Morgan fingerprint density at radius 2 is 1.68 bits per heavy atom. The molecule has 0 spiro atoms. The third-order valence-corrected chi connectivity index (χ3v) is 9.75. The first kappa shape index (κ1) is 29.1. The summed E-state index contributed by atoms with van der Waals surface area (Å²) in [7, 11) is -0.926. The van der Waals surface area contributed by atoms with Crippen molar-refractivity contribution >= 4 is 24.0 Å². The van der Waals surface area contributed by atoms with Gasteiger partial charge in [-0.05, 0) is 42.3 Å². The van der Waals surface area contributed by atoms with E-state index in [9.17, 15) is 8.42 Å². The molecule has 3 heterocycles. The molecule has 0 atom stereocenters. The number of para-hydroxylation sites is 1. The zero-order chi connectivity index (χ0) is 28.9. The number of sulfonamides is 1. The van der Waals surface area contributed by atoms with Crippen LogP contribution in [-0.2, 0) is 16.4 Å². The van der Waals surface area contributed by atoms with Crippen LogP contribution in [0.25, 0.3) is 17.3 Å². The monoisotopic (exact) mass is 585 g/mol. The number of pyridine rings is 1. The molecule has 0 aliphatic carbocycles. The van der Waals surface area contributed by atoms with Gasteiger partial charge in [-0.1, -0.05) is 31.8 Å². The molecule has 0 radical (unpaired) electrons. The number of methoxy groups -OCH3 is 3. The van der Waals surface area contributed by atoms with E-state index in [1.165, 1.54) is 31.9 Å². The van der Waals surface area contributed by atoms with E-state index in [1.54, 1.807) is 47.2 Å². The second-order valence-corrected chi connectivity index (χ2v) is 17.9. The van der Waals surface area contributed by atoms with Gasteiger partial charge in [0.2, 0.25) is 27.7 Å². The minimum Gasteiger partial charge on any atom is -0.494 e. The molecule has 214 valence electrons. The van der Waals surface area contributed by atoms with Gasteiger partial charge in [-0.25, -0.2) is 17.7 Å². The van der Waals surface area contributed by atoms with Crippen LogP contribution in [0.5, 0.6) is 17.4 Å². The SMILES string of the molecule is COc1ccc(CCS(=O)(=O)N(CC[Si](C)(C)C)c2nnc(-c3ccco3)n2-c2c(OC)cccc2OC)cn1. The van der Waals surface area contributed by atoms with Crippen molar-refractivity contribution in [1.29, 1.82) is 0 Å². The molecule has 40 heavy (non-hydrogen) atoms. The molecule has 0 amide bonds. The van der Waals surface area contributed by atoms with Crippen molar-refractivity contribution in [2.24, 2.45) is 0 Å². The molecular formula is C27H35N5O6SSi. The predicted octanol–water partition coefficient (Wildman–Crippen LogP) is 4.67. The van der Waals surface area contributed by atoms with Crippen LogP contribution < -0.4 is 18.5 Å². The van der Waals surface area contributed by atoms with Crippen LogP contribution in [0.4, 0.5) is 5.95 Å². The van der Waals surface area contributed by atoms with Crippen molar-refractivity contribution in [2.75, 3.05) is 37.9 Å². The van der Waals surface area contributed by atoms with Gasteiger partial charge in [-0.15, -0.1) is 10.2 Å². The lowest BCUT2D eigenvalue weighted by Gasteiger charge is -2.27. The quantitative estimate of drug-likeness (QED) is 0.206. The third-order valence-electron chi connectivity index (χ3n) is 6.29. The van der Waals surface area contributed by atoms with Crippen LogP contribution in [0.15, 0.2) is 59.3 Å². The number of hydrogen-bond donors (Lipinski definition) is 0. The highest BCUT2D eigenvalue weighted by atomic mass is 32.2. The highest BCUT2D eigenvalue weighted by Gasteiger charge is 2.33. The van der Waals surface area contributed by atoms with Gasteiger partial charge in [0.15, 0.2) is 5.76 Å². The lowest BCUT2D eigenvalue weighted by molar-refractivity contribution is 0.391. The fourth-order valence-electron chi connectivity index (χ4n) is 4.10. The van der Waals surface area contributed by atoms with Gasteiger partial charge in [0.1, 0.15) is 17.2 Å². The molecule has 0 fully saturated rings. The molecule has 0 N–H and O–H groups in total. The maximum atomic E-state index is 14.1. The number of furan rings is 1. The van der Waals surface area contributed by atoms with Crippen LogP contribution >= 0.6 is 0 Å². The smallest absolute Gasteiger partial charge is 0.246 e. The lowest BCUT2D eigenvalue weighted by atomic mass is 10.2. The van der Waals surface area contributed by atoms with Gasteiger partial charge in [0, 0.05) is 26.9 Å². The first-order chi connectivity index (χ1) is 19.1. The normalized spacial score (nSPS) is 11.8. The number of rotatable bonds is 13. The second-order valence-electron chi connectivity index (χ2n) is 10.3. The van der Waals surface area contributed by atoms with Crippen LogP contribution in [0.1, 0.15) is 5.56 Å². The van der Waals surface area contributed by atoms with Gasteiger partial charge in [0.25, 0.3) is 0 Å². The molecule has 0 aliphatic rings. The minimum atomic E-state index is -3.88. The zero-order valence-corrected chi connectivity index (χ0v) is 25.4. The number of aryl methyl sites for hydroxylation is 1. The van der Waals surface area contributed by atoms with Gasteiger partial charge in [-0.2, -0.15) is 0 Å². The Hall–Kier alpha value is -3.84. The molecule has 4 rings (SSSR count). The van der Waals surface area contributed by atoms with Crippen molar-refractivity contribution < 1.29 is 27.0 Å². The average molecular weight is 586 g/mol. The molecule has 13 heteroatoms. The fourth-order valence-corrected chi connectivity index (χ4v) is 6.60. The van der Waals surface area contributed by atoms with Gasteiger partial charge < -0.3 is 18.6 Å². The van der Waals surface area contributed by atoms with Crippen LogP contribution in [0.3, 0.4) is 0 Å². The fraction of sp³-hybridized carbons (Fsp3) is 0.370. The van der Waals surface area contributed by atoms with Crippen molar-refractivity contribution in [3.8, 4) is 34.7 Å². The molecular weight excluding hydrogens is 550 g/mol. The van der Waals surface area contributed by atoms with E-state index in [1.807, 2.05) is 6.07 Å². The van der Waals surface area contributed by atoms with Crippen LogP contribution in [0.2, 0.25) is 25.7 Å². The van der Waals surface area contributed by atoms with Crippen molar-refractivity contribution in [1.82, 2.24) is 19.7 Å². The molecule has 0 unspecified atom stereocenters. The summed E-state index contributed by atoms with van der Waals surface area (Å²) >= 11 is 0. The summed E-state index contributed by atoms with van der Waals surface area (Å²) in [6, 6.07) is 13.0. The summed E-state index contributed by atoms with van der Waals surface area (Å²) in [6.45, 7) is 6.84. The number of nitrogens with zero attached hydrogens (tertiary/aromatic N) is 5. The first-order valence-electron chi connectivity index (χ1n) is 12.8. The Balaban J connectivity index is 1.85. The highest BCUT2D eigenvalue weighted by molar-refractivity contribution is 7.92. The molecule has 3 aromatic heterocycles. The van der Waals surface area contributed by atoms with E-state index < -0.39 is 18.1 Å². The van der Waals surface area contributed by atoms with E-state index in [0.717, 1.165) is 5.56 Å². The summed E-state index contributed by atoms with van der Waals surface area (Å²) in [5, 5.41) is 8.81. The Labute approximate surface area is 235 Å². The Morgan fingerprint density at radius 1 is 0.950 bits per heavy atom. The zero-order valence-electron chi connectivity index (χ0n) is 23.6. The molecule has 4 aromatic rings. The summed E-state index contributed by atoms with van der Waals surface area (Å²) in [4.78, 5) is 4.20. The molecule has 11 nitrogen and oxygen atoms in total. The van der Waals surface area contributed by atoms with E-state index in [4.69, 9.17) is 18.6 Å². The Bertz CT molecular complexity index is 1490. The highest BCUT2D eigenvalue weighted by Crippen LogP contribution is 2.39. The van der Waals surface area contributed by atoms with E-state index in [-0.39, 0.29) is 24.7 Å². The number of benzene rings is 1. The topological polar surface area (TPSA) is 122 Å². The number of hydrogen-bond acceptors (Lipinski definition) is 9. The van der Waals surface area contributed by atoms with Gasteiger partial charge >= 0.3 is 0 Å².